The molecule has 1 aliphatic carbocycles. The predicted molar refractivity (Wildman–Crippen MR) is 67.6 cm³/mol. The minimum absolute atomic E-state index is 0.277. The summed E-state index contributed by atoms with van der Waals surface area (Å²) in [4.78, 5) is 5.30. The van der Waals surface area contributed by atoms with Crippen LogP contribution in [0.2, 0.25) is 5.02 Å². The van der Waals surface area contributed by atoms with Crippen molar-refractivity contribution in [2.24, 2.45) is 11.1 Å². The van der Waals surface area contributed by atoms with Crippen molar-refractivity contribution in [1.29, 1.82) is 0 Å². The van der Waals surface area contributed by atoms with E-state index in [9.17, 15) is 10.2 Å². The molecule has 0 bridgehead atoms. The summed E-state index contributed by atoms with van der Waals surface area (Å²) < 4.78 is 0. The number of oxime groups is 1. The number of benzene rings is 1. The van der Waals surface area contributed by atoms with Gasteiger partial charge in [0, 0.05) is 11.4 Å². The quantitative estimate of drug-likeness (QED) is 0.812. The first kappa shape index (κ1) is 12.0. The molecule has 1 aromatic rings. The van der Waals surface area contributed by atoms with Gasteiger partial charge in [0.05, 0.1) is 17.7 Å². The van der Waals surface area contributed by atoms with Gasteiger partial charge in [0.25, 0.3) is 0 Å². The maximum atomic E-state index is 10.2. The van der Waals surface area contributed by atoms with E-state index < -0.39 is 17.8 Å². The Morgan fingerprint density at radius 3 is 2.72 bits per heavy atom. The molecule has 5 heteroatoms. The highest BCUT2D eigenvalue weighted by Crippen LogP contribution is 2.42. The lowest BCUT2D eigenvalue weighted by molar-refractivity contribution is -0.0738. The summed E-state index contributed by atoms with van der Waals surface area (Å²) in [5.41, 5.74) is 0.507. The Hall–Kier alpha value is -1.10. The fraction of sp³-hybridized carbons (Fsp3) is 0.462. The number of fused-ring (bicyclic) bond motifs is 1. The van der Waals surface area contributed by atoms with Crippen molar-refractivity contribution in [3.05, 3.63) is 34.9 Å². The lowest BCUT2D eigenvalue weighted by atomic mass is 9.91. The van der Waals surface area contributed by atoms with Gasteiger partial charge in [-0.2, -0.15) is 0 Å². The highest BCUT2D eigenvalue weighted by molar-refractivity contribution is 6.30. The van der Waals surface area contributed by atoms with Crippen LogP contribution in [0.5, 0.6) is 0 Å². The van der Waals surface area contributed by atoms with Crippen LogP contribution in [0.25, 0.3) is 0 Å². The number of rotatable bonds is 1. The molecule has 0 amide bonds. The highest BCUT2D eigenvalue weighted by atomic mass is 35.5. The highest BCUT2D eigenvalue weighted by Gasteiger charge is 2.56. The molecule has 4 nitrogen and oxygen atoms in total. The van der Waals surface area contributed by atoms with E-state index >= 15 is 0 Å². The van der Waals surface area contributed by atoms with Gasteiger partial charge in [0.1, 0.15) is 5.60 Å². The molecule has 18 heavy (non-hydrogen) atoms. The van der Waals surface area contributed by atoms with Crippen LogP contribution in [0.15, 0.2) is 29.4 Å². The number of nitrogens with zero attached hydrogens (tertiary/aromatic N) is 1. The summed E-state index contributed by atoms with van der Waals surface area (Å²) in [5.74, 6) is -0.277. The minimum Gasteiger partial charge on any atom is -0.392 e. The van der Waals surface area contributed by atoms with Gasteiger partial charge in [0.15, 0.2) is 6.10 Å². The molecule has 1 aromatic carbocycles. The zero-order chi connectivity index (χ0) is 12.9. The van der Waals surface area contributed by atoms with Gasteiger partial charge in [0.2, 0.25) is 0 Å². The molecule has 0 unspecified atom stereocenters. The van der Waals surface area contributed by atoms with Crippen LogP contribution in [0.3, 0.4) is 0 Å². The number of halogens is 1. The topological polar surface area (TPSA) is 62.0 Å². The van der Waals surface area contributed by atoms with Crippen LogP contribution in [0.4, 0.5) is 0 Å². The Kier molecular flexibility index (Phi) is 2.62. The van der Waals surface area contributed by atoms with Gasteiger partial charge in [-0.3, -0.25) is 0 Å². The number of hydrogen-bond acceptors (Lipinski definition) is 4. The normalized spacial score (nSPS) is 38.2. The van der Waals surface area contributed by atoms with Gasteiger partial charge in [-0.15, -0.1) is 0 Å². The molecule has 0 radical (unpaired) electrons. The van der Waals surface area contributed by atoms with Crippen molar-refractivity contribution in [2.45, 2.75) is 31.2 Å². The molecule has 0 aromatic heterocycles. The zero-order valence-corrected chi connectivity index (χ0v) is 10.6. The van der Waals surface area contributed by atoms with Gasteiger partial charge >= 0.3 is 0 Å². The van der Waals surface area contributed by atoms with Crippen molar-refractivity contribution < 1.29 is 15.1 Å². The van der Waals surface area contributed by atoms with E-state index in [0.717, 1.165) is 5.56 Å². The number of hydrogen-bond donors (Lipinski definition) is 2. The van der Waals surface area contributed by atoms with Crippen LogP contribution in [-0.4, -0.2) is 33.7 Å². The van der Waals surface area contributed by atoms with Gasteiger partial charge in [-0.05, 0) is 24.6 Å². The monoisotopic (exact) mass is 267 g/mol. The molecule has 4 atom stereocenters. The average molecular weight is 268 g/mol. The average Bonchev–Trinajstić information content (AvgIpc) is 2.82. The molecular formula is C13H14ClNO3. The predicted octanol–water partition coefficient (Wildman–Crippen LogP) is 1.57. The molecule has 1 saturated carbocycles. The van der Waals surface area contributed by atoms with Crippen LogP contribution >= 0.6 is 11.6 Å². The van der Waals surface area contributed by atoms with Crippen molar-refractivity contribution in [2.75, 3.05) is 0 Å². The number of aliphatic hydroxyl groups is 2. The first-order chi connectivity index (χ1) is 8.49. The van der Waals surface area contributed by atoms with E-state index in [1.807, 2.05) is 12.1 Å². The van der Waals surface area contributed by atoms with E-state index in [1.165, 1.54) is 0 Å². The third-order valence-electron chi connectivity index (χ3n) is 3.70. The van der Waals surface area contributed by atoms with E-state index in [2.05, 4.69) is 5.16 Å². The molecular weight excluding hydrogens is 254 g/mol. The lowest BCUT2D eigenvalue weighted by Gasteiger charge is -2.21. The Labute approximate surface area is 110 Å². The first-order valence-electron chi connectivity index (χ1n) is 5.89. The second-order valence-electron chi connectivity index (χ2n) is 5.16. The standard InChI is InChI=1S/C13H14ClNO3/c1-13(17)6-9(16)10-11(15-18-12(10)13)7-2-4-8(14)5-3-7/h2-5,9-10,12,16-17H,6H2,1H3/t9-,10+,12-,13+/m1/s1. The summed E-state index contributed by atoms with van der Waals surface area (Å²) in [5, 5.41) is 24.9. The van der Waals surface area contributed by atoms with Crippen molar-refractivity contribution >= 4 is 17.3 Å². The molecule has 3 rings (SSSR count). The largest absolute Gasteiger partial charge is 0.392 e. The van der Waals surface area contributed by atoms with Gasteiger partial charge in [-0.25, -0.2) is 0 Å². The van der Waals surface area contributed by atoms with E-state index in [0.29, 0.717) is 17.2 Å². The Morgan fingerprint density at radius 1 is 1.39 bits per heavy atom. The lowest BCUT2D eigenvalue weighted by Crippen LogP contribution is -2.37. The smallest absolute Gasteiger partial charge is 0.166 e. The summed E-state index contributed by atoms with van der Waals surface area (Å²) in [6, 6.07) is 7.22. The van der Waals surface area contributed by atoms with E-state index in [4.69, 9.17) is 16.4 Å². The fourth-order valence-corrected chi connectivity index (χ4v) is 2.93. The molecule has 1 aliphatic heterocycles. The van der Waals surface area contributed by atoms with E-state index in [1.54, 1.807) is 19.1 Å². The Bertz CT molecular complexity index is 497. The Morgan fingerprint density at radius 2 is 2.06 bits per heavy atom. The number of aliphatic hydroxyl groups excluding tert-OH is 1. The molecule has 2 aliphatic rings. The molecule has 2 N–H and O–H groups in total. The van der Waals surface area contributed by atoms with Crippen LogP contribution in [0.1, 0.15) is 18.9 Å². The first-order valence-corrected chi connectivity index (χ1v) is 6.27. The molecule has 1 fully saturated rings. The third-order valence-corrected chi connectivity index (χ3v) is 3.95. The SMILES string of the molecule is C[C@]1(O)C[C@@H](O)[C@H]2C(c3ccc(Cl)cc3)=NO[C@H]21. The summed E-state index contributed by atoms with van der Waals surface area (Å²) in [6.45, 7) is 1.67. The Balaban J connectivity index is 1.94. The maximum Gasteiger partial charge on any atom is 0.166 e. The summed E-state index contributed by atoms with van der Waals surface area (Å²) >= 11 is 5.84. The van der Waals surface area contributed by atoms with E-state index in [-0.39, 0.29) is 5.92 Å². The van der Waals surface area contributed by atoms with Crippen LogP contribution in [0, 0.1) is 5.92 Å². The molecule has 0 spiro atoms. The fourth-order valence-electron chi connectivity index (χ4n) is 2.80. The maximum absolute atomic E-state index is 10.2. The summed E-state index contributed by atoms with van der Waals surface area (Å²) in [6.07, 6.45) is -0.810. The second-order valence-corrected chi connectivity index (χ2v) is 5.60. The van der Waals surface area contributed by atoms with Gasteiger partial charge < -0.3 is 15.1 Å². The summed E-state index contributed by atoms with van der Waals surface area (Å²) in [7, 11) is 0. The molecule has 0 saturated heterocycles. The van der Waals surface area contributed by atoms with Gasteiger partial charge in [-0.1, -0.05) is 28.9 Å². The third kappa shape index (κ3) is 1.72. The van der Waals surface area contributed by atoms with Crippen molar-refractivity contribution in [3.8, 4) is 0 Å². The molecule has 1 heterocycles. The van der Waals surface area contributed by atoms with Crippen molar-refractivity contribution in [3.63, 3.8) is 0 Å². The van der Waals surface area contributed by atoms with Crippen LogP contribution < -0.4 is 0 Å². The zero-order valence-electron chi connectivity index (χ0n) is 9.88. The molecule has 96 valence electrons. The minimum atomic E-state index is -1.04. The van der Waals surface area contributed by atoms with Crippen molar-refractivity contribution in [1.82, 2.24) is 0 Å². The second kappa shape index (κ2) is 3.95. The van der Waals surface area contributed by atoms with Crippen LogP contribution in [-0.2, 0) is 4.84 Å².